The fraction of sp³-hybridized carbons (Fsp3) is 0.278. The lowest BCUT2D eigenvalue weighted by Crippen LogP contribution is -2.42. The monoisotopic (exact) mass is 410 g/mol. The van der Waals surface area contributed by atoms with Gasteiger partial charge in [-0.3, -0.25) is 5.10 Å². The Balaban J connectivity index is 1.90. The van der Waals surface area contributed by atoms with Crippen molar-refractivity contribution in [1.29, 1.82) is 10.5 Å². The Morgan fingerprint density at radius 2 is 2.12 bits per heavy atom. The summed E-state index contributed by atoms with van der Waals surface area (Å²) in [7, 11) is 0. The molecule has 0 aliphatic carbocycles. The Labute approximate surface area is 158 Å². The number of H-pyrrole nitrogens is 1. The van der Waals surface area contributed by atoms with E-state index in [2.05, 4.69) is 48.9 Å². The Morgan fingerprint density at radius 3 is 2.85 bits per heavy atom. The van der Waals surface area contributed by atoms with Gasteiger partial charge in [0.05, 0.1) is 41.6 Å². The van der Waals surface area contributed by atoms with Crippen molar-refractivity contribution in [3.8, 4) is 12.1 Å². The molecule has 7 nitrogen and oxygen atoms in total. The van der Waals surface area contributed by atoms with E-state index in [1.54, 1.807) is 12.3 Å². The van der Waals surface area contributed by atoms with Gasteiger partial charge >= 0.3 is 0 Å². The fourth-order valence-corrected chi connectivity index (χ4v) is 4.02. The molecule has 2 aliphatic rings. The molecule has 2 aliphatic heterocycles. The first-order valence-electron chi connectivity index (χ1n) is 8.20. The molecule has 1 aromatic heterocycles. The van der Waals surface area contributed by atoms with Crippen molar-refractivity contribution in [2.45, 2.75) is 12.0 Å². The van der Waals surface area contributed by atoms with Gasteiger partial charge in [-0.25, -0.2) is 0 Å². The van der Waals surface area contributed by atoms with Crippen LogP contribution >= 0.6 is 15.9 Å². The number of fused-ring (bicyclic) bond motifs is 1. The lowest BCUT2D eigenvalue weighted by atomic mass is 9.82. The lowest BCUT2D eigenvalue weighted by molar-refractivity contribution is 0.0518. The third kappa shape index (κ3) is 2.69. The molecular weight excluding hydrogens is 396 g/mol. The summed E-state index contributed by atoms with van der Waals surface area (Å²) in [5, 5.41) is 33.0. The van der Waals surface area contributed by atoms with Gasteiger partial charge in [0.2, 0.25) is 0 Å². The SMILES string of the molecule is N#CC1=C(C2CNCCO2)Nc2[nH]ncc2C1c1cccc(C#N)c1Br. The minimum Gasteiger partial charge on any atom is -0.369 e. The van der Waals surface area contributed by atoms with Crippen LogP contribution in [0.3, 0.4) is 0 Å². The molecule has 0 amide bonds. The maximum absolute atomic E-state index is 9.97. The number of anilines is 1. The highest BCUT2D eigenvalue weighted by atomic mass is 79.9. The van der Waals surface area contributed by atoms with Gasteiger partial charge in [0.25, 0.3) is 0 Å². The molecule has 0 spiro atoms. The van der Waals surface area contributed by atoms with Crippen LogP contribution in [0.25, 0.3) is 0 Å². The molecule has 2 unspecified atom stereocenters. The van der Waals surface area contributed by atoms with Gasteiger partial charge in [-0.05, 0) is 27.6 Å². The number of aromatic nitrogens is 2. The van der Waals surface area contributed by atoms with Gasteiger partial charge in [0.15, 0.2) is 0 Å². The second-order valence-electron chi connectivity index (χ2n) is 6.08. The van der Waals surface area contributed by atoms with Crippen molar-refractivity contribution in [3.05, 3.63) is 56.8 Å². The number of ether oxygens (including phenoxy) is 1. The Hall–Kier alpha value is -2.65. The second kappa shape index (κ2) is 6.93. The fourth-order valence-electron chi connectivity index (χ4n) is 3.44. The molecule has 130 valence electrons. The normalized spacial score (nSPS) is 22.1. The number of nitrogens with one attached hydrogen (secondary N) is 3. The van der Waals surface area contributed by atoms with E-state index in [1.165, 1.54) is 0 Å². The quantitative estimate of drug-likeness (QED) is 0.700. The molecule has 0 saturated carbocycles. The van der Waals surface area contributed by atoms with Gasteiger partial charge in [-0.1, -0.05) is 12.1 Å². The van der Waals surface area contributed by atoms with Crippen molar-refractivity contribution >= 4 is 21.7 Å². The Morgan fingerprint density at radius 1 is 1.23 bits per heavy atom. The molecule has 0 radical (unpaired) electrons. The first kappa shape index (κ1) is 16.8. The number of benzene rings is 1. The van der Waals surface area contributed by atoms with E-state index in [9.17, 15) is 10.5 Å². The predicted molar refractivity (Wildman–Crippen MR) is 98.2 cm³/mol. The third-order valence-electron chi connectivity index (χ3n) is 4.65. The van der Waals surface area contributed by atoms with Crippen LogP contribution < -0.4 is 10.6 Å². The summed E-state index contributed by atoms with van der Waals surface area (Å²) in [6.07, 6.45) is 1.47. The van der Waals surface area contributed by atoms with Gasteiger partial charge in [0.1, 0.15) is 18.0 Å². The molecule has 2 atom stereocenters. The highest BCUT2D eigenvalue weighted by molar-refractivity contribution is 9.10. The first-order valence-corrected chi connectivity index (χ1v) is 8.99. The summed E-state index contributed by atoms with van der Waals surface area (Å²) in [6.45, 7) is 2.01. The van der Waals surface area contributed by atoms with Crippen LogP contribution in [0.1, 0.15) is 22.6 Å². The molecule has 0 bridgehead atoms. The number of hydrogen-bond acceptors (Lipinski definition) is 6. The predicted octanol–water partition coefficient (Wildman–Crippen LogP) is 2.37. The van der Waals surface area contributed by atoms with E-state index in [4.69, 9.17) is 4.74 Å². The third-order valence-corrected chi connectivity index (χ3v) is 5.53. The number of nitriles is 2. The second-order valence-corrected chi connectivity index (χ2v) is 6.87. The van der Waals surface area contributed by atoms with E-state index in [-0.39, 0.29) is 12.0 Å². The van der Waals surface area contributed by atoms with Crippen molar-refractivity contribution in [2.24, 2.45) is 0 Å². The topological polar surface area (TPSA) is 110 Å². The average Bonchev–Trinajstić information content (AvgIpc) is 3.16. The van der Waals surface area contributed by atoms with Crippen LogP contribution in [0, 0.1) is 22.7 Å². The summed E-state index contributed by atoms with van der Waals surface area (Å²) in [5.41, 5.74) is 3.55. The molecule has 1 saturated heterocycles. The van der Waals surface area contributed by atoms with E-state index < -0.39 is 0 Å². The van der Waals surface area contributed by atoms with E-state index in [1.807, 2.05) is 12.1 Å². The van der Waals surface area contributed by atoms with Crippen LogP contribution in [0.2, 0.25) is 0 Å². The standard InChI is InChI=1S/C18H15BrN6O/c19-16-10(6-20)2-1-3-11(16)15-12(7-21)17(14-9-22-4-5-26-14)24-18-13(15)8-23-25-18/h1-3,8,14-15,22H,4-5,9H2,(H2,23,24,25). The van der Waals surface area contributed by atoms with Gasteiger partial charge in [-0.2, -0.15) is 15.6 Å². The number of morpholine rings is 1. The zero-order chi connectivity index (χ0) is 18.1. The van der Waals surface area contributed by atoms with Gasteiger partial charge < -0.3 is 15.4 Å². The first-order chi connectivity index (χ1) is 12.7. The number of allylic oxidation sites excluding steroid dienone is 1. The maximum Gasteiger partial charge on any atom is 0.129 e. The molecule has 1 fully saturated rings. The maximum atomic E-state index is 9.97. The number of nitrogens with zero attached hydrogens (tertiary/aromatic N) is 3. The minimum absolute atomic E-state index is 0.240. The molecule has 8 heteroatoms. The van der Waals surface area contributed by atoms with E-state index >= 15 is 0 Å². The van der Waals surface area contributed by atoms with Gasteiger partial charge in [-0.15, -0.1) is 0 Å². The van der Waals surface area contributed by atoms with E-state index in [0.29, 0.717) is 28.8 Å². The van der Waals surface area contributed by atoms with Crippen LogP contribution in [-0.4, -0.2) is 36.0 Å². The molecule has 26 heavy (non-hydrogen) atoms. The minimum atomic E-state index is -0.335. The number of hydrogen-bond donors (Lipinski definition) is 3. The van der Waals surface area contributed by atoms with Crippen LogP contribution in [-0.2, 0) is 4.74 Å². The molecular formula is C18H15BrN6O. The summed E-state index contributed by atoms with van der Waals surface area (Å²) in [6, 6.07) is 10.0. The summed E-state index contributed by atoms with van der Waals surface area (Å²) in [4.78, 5) is 0. The molecule has 1 aromatic carbocycles. The van der Waals surface area contributed by atoms with Crippen molar-refractivity contribution in [3.63, 3.8) is 0 Å². The van der Waals surface area contributed by atoms with Crippen molar-refractivity contribution < 1.29 is 4.74 Å². The molecule has 2 aromatic rings. The Bertz CT molecular complexity index is 961. The average molecular weight is 411 g/mol. The van der Waals surface area contributed by atoms with Crippen LogP contribution in [0.15, 0.2) is 40.1 Å². The zero-order valence-corrected chi connectivity index (χ0v) is 15.3. The lowest BCUT2D eigenvalue weighted by Gasteiger charge is -2.33. The largest absolute Gasteiger partial charge is 0.369 e. The van der Waals surface area contributed by atoms with Crippen LogP contribution in [0.5, 0.6) is 0 Å². The zero-order valence-electron chi connectivity index (χ0n) is 13.7. The number of aromatic amines is 1. The molecule has 3 heterocycles. The number of halogens is 1. The van der Waals surface area contributed by atoms with E-state index in [0.717, 1.165) is 29.2 Å². The summed E-state index contributed by atoms with van der Waals surface area (Å²) >= 11 is 3.54. The summed E-state index contributed by atoms with van der Waals surface area (Å²) < 4.78 is 6.56. The smallest absolute Gasteiger partial charge is 0.129 e. The highest BCUT2D eigenvalue weighted by Crippen LogP contribution is 2.44. The van der Waals surface area contributed by atoms with Crippen LogP contribution in [0.4, 0.5) is 5.82 Å². The van der Waals surface area contributed by atoms with Gasteiger partial charge in [0, 0.05) is 23.1 Å². The summed E-state index contributed by atoms with van der Waals surface area (Å²) in [5.74, 6) is 0.408. The van der Waals surface area contributed by atoms with Crippen molar-refractivity contribution in [2.75, 3.05) is 25.0 Å². The molecule has 3 N–H and O–H groups in total. The molecule has 4 rings (SSSR count). The highest BCUT2D eigenvalue weighted by Gasteiger charge is 2.36. The Kier molecular flexibility index (Phi) is 4.48. The number of rotatable bonds is 2. The van der Waals surface area contributed by atoms with Crippen molar-refractivity contribution in [1.82, 2.24) is 15.5 Å².